The lowest BCUT2D eigenvalue weighted by Crippen LogP contribution is -1.92. The molecule has 0 aliphatic rings. The molecule has 5 nitrogen and oxygen atoms in total. The molecule has 0 unspecified atom stereocenters. The first-order valence-electron chi connectivity index (χ1n) is 8.56. The monoisotopic (exact) mass is 389 g/mol. The summed E-state index contributed by atoms with van der Waals surface area (Å²) in [6.07, 6.45) is 4.80. The van der Waals surface area contributed by atoms with Gasteiger partial charge in [-0.15, -0.1) is 11.7 Å². The highest BCUT2D eigenvalue weighted by molar-refractivity contribution is 8.14. The minimum Gasteiger partial charge on any atom is -0.507 e. The average Bonchev–Trinajstić information content (AvgIpc) is 2.72. The van der Waals surface area contributed by atoms with Gasteiger partial charge in [0, 0.05) is 23.1 Å². The smallest absolute Gasteiger partial charge is 0.209 e. The summed E-state index contributed by atoms with van der Waals surface area (Å²) < 4.78 is 0. The second kappa shape index (κ2) is 9.53. The van der Waals surface area contributed by atoms with Gasteiger partial charge in [0.05, 0.1) is 6.21 Å². The summed E-state index contributed by atoms with van der Waals surface area (Å²) in [6, 6.07) is 18.1. The number of benzene rings is 3. The lowest BCUT2D eigenvalue weighted by atomic mass is 10.0. The standard InChI is InChI=1S/C22H19N3O2S/c1-2-13-28-22(23-14-17-8-4-6-10-20(17)26)25-24-15-19-18-9-5-3-7-16(18)11-12-21(19)27/h2-12,14-15,26-27H,1,13H2/b23-14+,24-15+,25-22-. The van der Waals surface area contributed by atoms with Crippen molar-refractivity contribution in [3.63, 3.8) is 0 Å². The fourth-order valence-electron chi connectivity index (χ4n) is 2.50. The van der Waals surface area contributed by atoms with Crippen LogP contribution in [0.5, 0.6) is 11.5 Å². The number of aliphatic imine (C=N–C) groups is 1. The van der Waals surface area contributed by atoms with E-state index in [1.165, 1.54) is 24.2 Å². The van der Waals surface area contributed by atoms with Crippen molar-refractivity contribution < 1.29 is 10.2 Å². The molecular formula is C22H19N3O2S. The maximum absolute atomic E-state index is 10.2. The summed E-state index contributed by atoms with van der Waals surface area (Å²) in [5, 5.41) is 30.6. The minimum absolute atomic E-state index is 0.135. The maximum atomic E-state index is 10.2. The van der Waals surface area contributed by atoms with E-state index in [4.69, 9.17) is 0 Å². The topological polar surface area (TPSA) is 77.5 Å². The molecule has 0 atom stereocenters. The number of aromatic hydroxyl groups is 2. The molecule has 0 radical (unpaired) electrons. The summed E-state index contributed by atoms with van der Waals surface area (Å²) in [6.45, 7) is 3.70. The number of amidine groups is 1. The molecule has 0 bridgehead atoms. The zero-order valence-corrected chi connectivity index (χ0v) is 15.9. The first-order valence-corrected chi connectivity index (χ1v) is 9.55. The second-order valence-electron chi connectivity index (χ2n) is 5.76. The molecule has 2 N–H and O–H groups in total. The zero-order valence-electron chi connectivity index (χ0n) is 15.1. The van der Waals surface area contributed by atoms with Crippen LogP contribution in [0, 0.1) is 0 Å². The van der Waals surface area contributed by atoms with Gasteiger partial charge in [0.15, 0.2) is 0 Å². The molecule has 0 spiro atoms. The fraction of sp³-hybridized carbons (Fsp3) is 0.0455. The molecule has 3 rings (SSSR count). The third kappa shape index (κ3) is 4.86. The van der Waals surface area contributed by atoms with E-state index in [0.29, 0.717) is 22.0 Å². The molecule has 0 saturated heterocycles. The molecule has 140 valence electrons. The number of phenolic OH excluding ortho intramolecular Hbond substituents is 2. The predicted molar refractivity (Wildman–Crippen MR) is 119 cm³/mol. The molecule has 0 fully saturated rings. The average molecular weight is 389 g/mol. The Balaban J connectivity index is 1.88. The third-order valence-electron chi connectivity index (χ3n) is 3.86. The number of thioether (sulfide) groups is 1. The van der Waals surface area contributed by atoms with Crippen LogP contribution in [0.4, 0.5) is 0 Å². The van der Waals surface area contributed by atoms with Crippen LogP contribution in [0.1, 0.15) is 11.1 Å². The van der Waals surface area contributed by atoms with Crippen LogP contribution in [-0.4, -0.2) is 33.6 Å². The van der Waals surface area contributed by atoms with Gasteiger partial charge in [-0.25, -0.2) is 4.99 Å². The van der Waals surface area contributed by atoms with Gasteiger partial charge in [0.25, 0.3) is 0 Å². The van der Waals surface area contributed by atoms with Crippen LogP contribution in [0.2, 0.25) is 0 Å². The van der Waals surface area contributed by atoms with Gasteiger partial charge in [0.1, 0.15) is 11.5 Å². The molecule has 0 amide bonds. The Bertz CT molecular complexity index is 1070. The maximum Gasteiger partial charge on any atom is 0.209 e. The van der Waals surface area contributed by atoms with Crippen LogP contribution >= 0.6 is 11.8 Å². The highest BCUT2D eigenvalue weighted by Gasteiger charge is 2.04. The molecule has 0 saturated carbocycles. The first kappa shape index (κ1) is 19.4. The Hall–Kier alpha value is -3.38. The molecule has 28 heavy (non-hydrogen) atoms. The zero-order chi connectivity index (χ0) is 19.8. The molecule has 6 heteroatoms. The van der Waals surface area contributed by atoms with Crippen molar-refractivity contribution in [1.29, 1.82) is 0 Å². The van der Waals surface area contributed by atoms with Gasteiger partial charge in [-0.1, -0.05) is 60.3 Å². The van der Waals surface area contributed by atoms with Gasteiger partial charge < -0.3 is 10.2 Å². The molecule has 0 heterocycles. The van der Waals surface area contributed by atoms with Crippen LogP contribution in [0.25, 0.3) is 10.8 Å². The predicted octanol–water partition coefficient (Wildman–Crippen LogP) is 4.98. The van der Waals surface area contributed by atoms with Crippen molar-refractivity contribution in [2.24, 2.45) is 15.2 Å². The van der Waals surface area contributed by atoms with E-state index in [1.54, 1.807) is 30.3 Å². The van der Waals surface area contributed by atoms with Gasteiger partial charge in [-0.2, -0.15) is 5.10 Å². The Morgan fingerprint density at radius 2 is 1.71 bits per heavy atom. The van der Waals surface area contributed by atoms with Crippen LogP contribution in [0.15, 0.2) is 88.5 Å². The fourth-order valence-corrected chi connectivity index (χ4v) is 3.00. The van der Waals surface area contributed by atoms with Crippen LogP contribution in [-0.2, 0) is 0 Å². The van der Waals surface area contributed by atoms with Gasteiger partial charge in [-0.05, 0) is 29.0 Å². The molecular weight excluding hydrogens is 370 g/mol. The molecule has 3 aromatic rings. The third-order valence-corrected chi connectivity index (χ3v) is 4.71. The number of nitrogens with zero attached hydrogens (tertiary/aromatic N) is 3. The highest BCUT2D eigenvalue weighted by atomic mass is 32.2. The summed E-state index contributed by atoms with van der Waals surface area (Å²) in [5.41, 5.74) is 1.18. The van der Waals surface area contributed by atoms with E-state index >= 15 is 0 Å². The first-order chi connectivity index (χ1) is 13.7. The van der Waals surface area contributed by atoms with Gasteiger partial charge in [-0.3, -0.25) is 0 Å². The highest BCUT2D eigenvalue weighted by Crippen LogP contribution is 2.25. The molecule has 0 aromatic heterocycles. The number of fused-ring (bicyclic) bond motifs is 1. The van der Waals surface area contributed by atoms with E-state index in [1.807, 2.05) is 36.4 Å². The largest absolute Gasteiger partial charge is 0.507 e. The summed E-state index contributed by atoms with van der Waals surface area (Å²) >= 11 is 1.37. The second-order valence-corrected chi connectivity index (χ2v) is 6.75. The molecule has 0 aliphatic heterocycles. The number of phenols is 2. The van der Waals surface area contributed by atoms with Gasteiger partial charge in [0.2, 0.25) is 5.17 Å². The number of hydrogen-bond donors (Lipinski definition) is 2. The number of para-hydroxylation sites is 1. The lowest BCUT2D eigenvalue weighted by Gasteiger charge is -2.03. The number of rotatable bonds is 5. The lowest BCUT2D eigenvalue weighted by molar-refractivity contribution is 0.474. The summed E-state index contributed by atoms with van der Waals surface area (Å²) in [5.74, 6) is 0.894. The van der Waals surface area contributed by atoms with Crippen molar-refractivity contribution in [3.8, 4) is 11.5 Å². The van der Waals surface area contributed by atoms with E-state index in [9.17, 15) is 10.2 Å². The minimum atomic E-state index is 0.135. The van der Waals surface area contributed by atoms with Gasteiger partial charge >= 0.3 is 0 Å². The number of hydrogen-bond acceptors (Lipinski definition) is 5. The normalized spacial score (nSPS) is 12.2. The van der Waals surface area contributed by atoms with Crippen molar-refractivity contribution in [1.82, 2.24) is 0 Å². The van der Waals surface area contributed by atoms with E-state index in [2.05, 4.69) is 21.8 Å². The van der Waals surface area contributed by atoms with Crippen LogP contribution in [0.3, 0.4) is 0 Å². The van der Waals surface area contributed by atoms with E-state index < -0.39 is 0 Å². The Morgan fingerprint density at radius 3 is 2.54 bits per heavy atom. The SMILES string of the molecule is C=CCSC(=N\N=C\c1c(O)ccc2ccccc12)/N=C/c1ccccc1O. The summed E-state index contributed by atoms with van der Waals surface area (Å²) in [4.78, 5) is 4.31. The van der Waals surface area contributed by atoms with E-state index in [-0.39, 0.29) is 11.5 Å². The van der Waals surface area contributed by atoms with Crippen molar-refractivity contribution in [3.05, 3.63) is 84.4 Å². The van der Waals surface area contributed by atoms with Crippen molar-refractivity contribution in [2.75, 3.05) is 5.75 Å². The molecule has 3 aromatic carbocycles. The summed E-state index contributed by atoms with van der Waals surface area (Å²) in [7, 11) is 0. The quantitative estimate of drug-likeness (QED) is 0.280. The Kier molecular flexibility index (Phi) is 6.59. The Morgan fingerprint density at radius 1 is 0.929 bits per heavy atom. The van der Waals surface area contributed by atoms with Crippen molar-refractivity contribution >= 4 is 40.1 Å². The van der Waals surface area contributed by atoms with Crippen LogP contribution < -0.4 is 0 Å². The Labute approximate surface area is 167 Å². The molecule has 0 aliphatic carbocycles. The van der Waals surface area contributed by atoms with E-state index in [0.717, 1.165) is 10.8 Å². The van der Waals surface area contributed by atoms with Crippen molar-refractivity contribution in [2.45, 2.75) is 0 Å².